The Kier molecular flexibility index (Phi) is 5.32. The normalized spacial score (nSPS) is 20.4. The molecule has 0 saturated carbocycles. The van der Waals surface area contributed by atoms with Crippen LogP contribution in [-0.2, 0) is 16.1 Å². The van der Waals surface area contributed by atoms with E-state index in [1.807, 2.05) is 12.1 Å². The van der Waals surface area contributed by atoms with E-state index >= 15 is 0 Å². The molecule has 1 aromatic rings. The molecule has 1 aliphatic heterocycles. The van der Waals surface area contributed by atoms with Gasteiger partial charge in [0.15, 0.2) is 0 Å². The maximum Gasteiger partial charge on any atom is 0.328 e. The summed E-state index contributed by atoms with van der Waals surface area (Å²) in [6.07, 6.45) is 4.16. The van der Waals surface area contributed by atoms with Crippen molar-refractivity contribution in [2.45, 2.75) is 26.0 Å². The maximum absolute atomic E-state index is 10.5. The predicted octanol–water partition coefficient (Wildman–Crippen LogP) is 2.40. The largest absolute Gasteiger partial charge is 0.478 e. The molecule has 108 valence electrons. The van der Waals surface area contributed by atoms with Crippen molar-refractivity contribution in [3.63, 3.8) is 0 Å². The van der Waals surface area contributed by atoms with Crippen LogP contribution in [0.15, 0.2) is 30.3 Å². The first kappa shape index (κ1) is 14.8. The van der Waals surface area contributed by atoms with E-state index in [1.54, 1.807) is 6.08 Å². The van der Waals surface area contributed by atoms with Crippen molar-refractivity contribution in [1.82, 2.24) is 4.90 Å². The second kappa shape index (κ2) is 7.22. The van der Waals surface area contributed by atoms with Crippen LogP contribution >= 0.6 is 0 Å². The summed E-state index contributed by atoms with van der Waals surface area (Å²) in [6, 6.07) is 8.01. The van der Waals surface area contributed by atoms with E-state index in [4.69, 9.17) is 9.84 Å². The van der Waals surface area contributed by atoms with Crippen molar-refractivity contribution in [3.05, 3.63) is 41.5 Å². The Morgan fingerprint density at radius 1 is 1.45 bits per heavy atom. The van der Waals surface area contributed by atoms with Crippen molar-refractivity contribution < 1.29 is 14.6 Å². The van der Waals surface area contributed by atoms with E-state index in [2.05, 4.69) is 24.0 Å². The Hall–Kier alpha value is -1.65. The molecule has 4 nitrogen and oxygen atoms in total. The van der Waals surface area contributed by atoms with Gasteiger partial charge in [0, 0.05) is 25.7 Å². The van der Waals surface area contributed by atoms with Gasteiger partial charge in [0.2, 0.25) is 0 Å². The lowest BCUT2D eigenvalue weighted by Crippen LogP contribution is -2.41. The molecule has 0 aromatic heterocycles. The first-order valence-electron chi connectivity index (χ1n) is 7.01. The number of hydrogen-bond acceptors (Lipinski definition) is 3. The van der Waals surface area contributed by atoms with Gasteiger partial charge in [-0.05, 0) is 23.6 Å². The van der Waals surface area contributed by atoms with Crippen LogP contribution in [0.5, 0.6) is 0 Å². The standard InChI is InChI=1S/C16H21NO3/c1-2-15-12-17(9-10-20-15)11-14-5-3-13(4-6-14)7-8-16(18)19/h3-8,15H,2,9-12H2,1H3,(H,18,19). The van der Waals surface area contributed by atoms with Crippen LogP contribution < -0.4 is 0 Å². The van der Waals surface area contributed by atoms with Crippen LogP contribution in [0.2, 0.25) is 0 Å². The Bertz CT molecular complexity index is 467. The summed E-state index contributed by atoms with van der Waals surface area (Å²) < 4.78 is 5.66. The number of carboxylic acid groups (broad SMARTS) is 1. The zero-order chi connectivity index (χ0) is 14.4. The quantitative estimate of drug-likeness (QED) is 0.838. The van der Waals surface area contributed by atoms with Crippen LogP contribution in [0.4, 0.5) is 0 Å². The van der Waals surface area contributed by atoms with E-state index in [9.17, 15) is 4.79 Å². The molecule has 1 atom stereocenters. The Morgan fingerprint density at radius 3 is 2.85 bits per heavy atom. The minimum atomic E-state index is -0.923. The van der Waals surface area contributed by atoms with Crippen molar-refractivity contribution in [1.29, 1.82) is 0 Å². The highest BCUT2D eigenvalue weighted by atomic mass is 16.5. The third-order valence-electron chi connectivity index (χ3n) is 3.48. The molecule has 2 rings (SSSR count). The van der Waals surface area contributed by atoms with Gasteiger partial charge in [0.1, 0.15) is 0 Å². The van der Waals surface area contributed by atoms with Gasteiger partial charge in [-0.2, -0.15) is 0 Å². The third-order valence-corrected chi connectivity index (χ3v) is 3.48. The summed E-state index contributed by atoms with van der Waals surface area (Å²) in [5, 5.41) is 8.59. The highest BCUT2D eigenvalue weighted by Crippen LogP contribution is 2.13. The lowest BCUT2D eigenvalue weighted by atomic mass is 10.1. The van der Waals surface area contributed by atoms with Crippen molar-refractivity contribution in [3.8, 4) is 0 Å². The molecule has 1 heterocycles. The molecule has 0 amide bonds. The molecule has 1 N–H and O–H groups in total. The minimum absolute atomic E-state index is 0.349. The molecule has 0 spiro atoms. The number of morpholine rings is 1. The summed E-state index contributed by atoms with van der Waals surface area (Å²) in [6.45, 7) is 5.83. The van der Waals surface area contributed by atoms with E-state index in [-0.39, 0.29) is 0 Å². The molecule has 1 fully saturated rings. The first-order chi connectivity index (χ1) is 9.67. The average molecular weight is 275 g/mol. The van der Waals surface area contributed by atoms with Crippen molar-refractivity contribution in [2.24, 2.45) is 0 Å². The SMILES string of the molecule is CCC1CN(Cc2ccc(C=CC(=O)O)cc2)CCO1. The van der Waals surface area contributed by atoms with Crippen molar-refractivity contribution >= 4 is 12.0 Å². The van der Waals surface area contributed by atoms with Crippen molar-refractivity contribution in [2.75, 3.05) is 19.7 Å². The molecule has 1 aromatic carbocycles. The first-order valence-corrected chi connectivity index (χ1v) is 7.01. The number of benzene rings is 1. The number of aliphatic carboxylic acids is 1. The maximum atomic E-state index is 10.5. The average Bonchev–Trinajstić information content (AvgIpc) is 2.47. The number of nitrogens with zero attached hydrogens (tertiary/aromatic N) is 1. The smallest absolute Gasteiger partial charge is 0.328 e. The van der Waals surface area contributed by atoms with Gasteiger partial charge in [-0.1, -0.05) is 31.2 Å². The monoisotopic (exact) mass is 275 g/mol. The molecule has 0 aliphatic carbocycles. The summed E-state index contributed by atoms with van der Waals surface area (Å²) in [7, 11) is 0. The topological polar surface area (TPSA) is 49.8 Å². The summed E-state index contributed by atoms with van der Waals surface area (Å²) in [5.41, 5.74) is 2.15. The minimum Gasteiger partial charge on any atom is -0.478 e. The molecule has 4 heteroatoms. The second-order valence-electron chi connectivity index (χ2n) is 5.05. The van der Waals surface area contributed by atoms with Gasteiger partial charge in [0.25, 0.3) is 0 Å². The number of carboxylic acids is 1. The van der Waals surface area contributed by atoms with Crippen LogP contribution in [0.3, 0.4) is 0 Å². The fourth-order valence-electron chi connectivity index (χ4n) is 2.33. The zero-order valence-electron chi connectivity index (χ0n) is 11.8. The lowest BCUT2D eigenvalue weighted by molar-refractivity contribution is -0.131. The fraction of sp³-hybridized carbons (Fsp3) is 0.438. The second-order valence-corrected chi connectivity index (χ2v) is 5.05. The van der Waals surface area contributed by atoms with E-state index in [0.717, 1.165) is 44.3 Å². The van der Waals surface area contributed by atoms with Gasteiger partial charge in [0.05, 0.1) is 12.7 Å². The molecule has 20 heavy (non-hydrogen) atoms. The van der Waals surface area contributed by atoms with Gasteiger partial charge in [-0.3, -0.25) is 4.90 Å². The van der Waals surface area contributed by atoms with Gasteiger partial charge >= 0.3 is 5.97 Å². The highest BCUT2D eigenvalue weighted by molar-refractivity contribution is 5.85. The molecule has 1 unspecified atom stereocenters. The highest BCUT2D eigenvalue weighted by Gasteiger charge is 2.18. The zero-order valence-corrected chi connectivity index (χ0v) is 11.8. The van der Waals surface area contributed by atoms with E-state index < -0.39 is 5.97 Å². The molecular formula is C16H21NO3. The Labute approximate surface area is 119 Å². The summed E-state index contributed by atoms with van der Waals surface area (Å²) in [5.74, 6) is -0.923. The lowest BCUT2D eigenvalue weighted by Gasteiger charge is -2.32. The number of carbonyl (C=O) groups is 1. The number of ether oxygens (including phenoxy) is 1. The third kappa shape index (κ3) is 4.47. The fourth-order valence-corrected chi connectivity index (χ4v) is 2.33. The molecule has 0 radical (unpaired) electrons. The van der Waals surface area contributed by atoms with Crippen LogP contribution in [0.1, 0.15) is 24.5 Å². The van der Waals surface area contributed by atoms with Crippen LogP contribution in [0, 0.1) is 0 Å². The Morgan fingerprint density at radius 2 is 2.20 bits per heavy atom. The molecule has 0 bridgehead atoms. The summed E-state index contributed by atoms with van der Waals surface area (Å²) in [4.78, 5) is 12.9. The van der Waals surface area contributed by atoms with Gasteiger partial charge in [-0.15, -0.1) is 0 Å². The molecule has 1 aliphatic rings. The number of rotatable bonds is 5. The van der Waals surface area contributed by atoms with Gasteiger partial charge < -0.3 is 9.84 Å². The molecular weight excluding hydrogens is 254 g/mol. The van der Waals surface area contributed by atoms with Crippen LogP contribution in [0.25, 0.3) is 6.08 Å². The van der Waals surface area contributed by atoms with E-state index in [1.165, 1.54) is 5.56 Å². The van der Waals surface area contributed by atoms with E-state index in [0.29, 0.717) is 6.10 Å². The van der Waals surface area contributed by atoms with Crippen LogP contribution in [-0.4, -0.2) is 41.8 Å². The number of hydrogen-bond donors (Lipinski definition) is 1. The molecule has 1 saturated heterocycles. The summed E-state index contributed by atoms with van der Waals surface area (Å²) >= 11 is 0. The predicted molar refractivity (Wildman–Crippen MR) is 78.4 cm³/mol. The van der Waals surface area contributed by atoms with Gasteiger partial charge in [-0.25, -0.2) is 4.79 Å². The Balaban J connectivity index is 1.91.